The zero-order valence-corrected chi connectivity index (χ0v) is 13.6. The smallest absolute Gasteiger partial charge is 0.123 e. The van der Waals surface area contributed by atoms with Crippen LogP contribution in [0.3, 0.4) is 0 Å². The van der Waals surface area contributed by atoms with Crippen molar-refractivity contribution in [1.82, 2.24) is 5.32 Å². The SMILES string of the molecule is CCC(CC)(CNCc1cc(C#N)ccc1OC)SC. The molecule has 1 aromatic rings. The van der Waals surface area contributed by atoms with Crippen LogP contribution in [0.4, 0.5) is 0 Å². The standard InChI is InChI=1S/C16H24N2OS/c1-5-16(6-2,20-4)12-18-11-14-9-13(10-17)7-8-15(14)19-3/h7-9,18H,5-6,11-12H2,1-4H3. The molecule has 20 heavy (non-hydrogen) atoms. The number of methoxy groups -OCH3 is 1. The van der Waals surface area contributed by atoms with E-state index in [1.807, 2.05) is 23.9 Å². The highest BCUT2D eigenvalue weighted by Crippen LogP contribution is 2.29. The lowest BCUT2D eigenvalue weighted by atomic mass is 10.0. The Morgan fingerprint density at radius 2 is 2.05 bits per heavy atom. The van der Waals surface area contributed by atoms with Gasteiger partial charge in [0.15, 0.2) is 0 Å². The average Bonchev–Trinajstić information content (AvgIpc) is 2.52. The number of nitrogens with one attached hydrogen (secondary N) is 1. The maximum Gasteiger partial charge on any atom is 0.123 e. The van der Waals surface area contributed by atoms with Crippen LogP contribution in [0.1, 0.15) is 37.8 Å². The third-order valence-corrected chi connectivity index (χ3v) is 5.48. The third-order valence-electron chi connectivity index (χ3n) is 3.89. The first-order chi connectivity index (χ1) is 9.64. The summed E-state index contributed by atoms with van der Waals surface area (Å²) >= 11 is 1.92. The molecule has 0 saturated heterocycles. The van der Waals surface area contributed by atoms with E-state index in [-0.39, 0.29) is 0 Å². The van der Waals surface area contributed by atoms with E-state index < -0.39 is 0 Å². The molecule has 0 unspecified atom stereocenters. The van der Waals surface area contributed by atoms with E-state index in [0.717, 1.165) is 37.2 Å². The Labute approximate surface area is 126 Å². The number of ether oxygens (including phenoxy) is 1. The lowest BCUT2D eigenvalue weighted by Gasteiger charge is -2.30. The first-order valence-corrected chi connectivity index (χ1v) is 8.20. The summed E-state index contributed by atoms with van der Waals surface area (Å²) < 4.78 is 5.64. The number of hydrogen-bond acceptors (Lipinski definition) is 4. The number of thioether (sulfide) groups is 1. The van der Waals surface area contributed by atoms with Crippen molar-refractivity contribution in [3.63, 3.8) is 0 Å². The van der Waals surface area contributed by atoms with E-state index in [2.05, 4.69) is 31.5 Å². The molecule has 0 saturated carbocycles. The second-order valence-corrected chi connectivity index (χ2v) is 6.11. The average molecular weight is 292 g/mol. The van der Waals surface area contributed by atoms with Gasteiger partial charge in [-0.25, -0.2) is 0 Å². The predicted octanol–water partition coefficient (Wildman–Crippen LogP) is 3.58. The number of nitriles is 1. The van der Waals surface area contributed by atoms with Crippen LogP contribution in [0, 0.1) is 11.3 Å². The van der Waals surface area contributed by atoms with Crippen LogP contribution < -0.4 is 10.1 Å². The number of hydrogen-bond donors (Lipinski definition) is 1. The molecular formula is C16H24N2OS. The van der Waals surface area contributed by atoms with Crippen LogP contribution in [0.2, 0.25) is 0 Å². The summed E-state index contributed by atoms with van der Waals surface area (Å²) in [7, 11) is 1.66. The van der Waals surface area contributed by atoms with Gasteiger partial charge < -0.3 is 10.1 Å². The molecule has 0 bridgehead atoms. The summed E-state index contributed by atoms with van der Waals surface area (Å²) in [4.78, 5) is 0. The molecule has 4 heteroatoms. The van der Waals surface area contributed by atoms with Gasteiger partial charge in [0.05, 0.1) is 18.7 Å². The molecule has 0 spiro atoms. The van der Waals surface area contributed by atoms with Gasteiger partial charge in [0, 0.05) is 23.4 Å². The van der Waals surface area contributed by atoms with Gasteiger partial charge in [-0.1, -0.05) is 13.8 Å². The van der Waals surface area contributed by atoms with E-state index in [1.54, 1.807) is 13.2 Å². The Morgan fingerprint density at radius 1 is 1.35 bits per heavy atom. The Hall–Kier alpha value is -1.18. The van der Waals surface area contributed by atoms with E-state index in [1.165, 1.54) is 0 Å². The van der Waals surface area contributed by atoms with Crippen LogP contribution in [0.25, 0.3) is 0 Å². The summed E-state index contributed by atoms with van der Waals surface area (Å²) in [5, 5.41) is 12.5. The molecule has 3 nitrogen and oxygen atoms in total. The van der Waals surface area contributed by atoms with Crippen LogP contribution in [-0.4, -0.2) is 24.7 Å². The minimum atomic E-state index is 0.292. The summed E-state index contributed by atoms with van der Waals surface area (Å²) in [5.74, 6) is 0.833. The van der Waals surface area contributed by atoms with Crippen molar-refractivity contribution in [2.75, 3.05) is 19.9 Å². The van der Waals surface area contributed by atoms with E-state index in [4.69, 9.17) is 10.00 Å². The van der Waals surface area contributed by atoms with Crippen molar-refractivity contribution in [1.29, 1.82) is 5.26 Å². The lowest BCUT2D eigenvalue weighted by molar-refractivity contribution is 0.406. The van der Waals surface area contributed by atoms with Crippen LogP contribution in [0.5, 0.6) is 5.75 Å². The second kappa shape index (κ2) is 8.18. The quantitative estimate of drug-likeness (QED) is 0.795. The molecule has 0 fully saturated rings. The predicted molar refractivity (Wildman–Crippen MR) is 86.2 cm³/mol. The number of benzene rings is 1. The molecule has 0 radical (unpaired) electrons. The van der Waals surface area contributed by atoms with Crippen LogP contribution in [0.15, 0.2) is 18.2 Å². The summed E-state index contributed by atoms with van der Waals surface area (Å²) in [5.41, 5.74) is 1.71. The van der Waals surface area contributed by atoms with Gasteiger partial charge in [-0.2, -0.15) is 17.0 Å². The molecule has 0 amide bonds. The van der Waals surface area contributed by atoms with Gasteiger partial charge in [-0.3, -0.25) is 0 Å². The molecule has 0 aliphatic rings. The van der Waals surface area contributed by atoms with Crippen molar-refractivity contribution in [2.45, 2.75) is 38.0 Å². The van der Waals surface area contributed by atoms with Crippen molar-refractivity contribution in [3.8, 4) is 11.8 Å². The Kier molecular flexibility index (Phi) is 6.90. The van der Waals surface area contributed by atoms with Crippen molar-refractivity contribution in [2.24, 2.45) is 0 Å². The van der Waals surface area contributed by atoms with E-state index in [9.17, 15) is 0 Å². The summed E-state index contributed by atoms with van der Waals surface area (Å²) in [6.45, 7) is 6.15. The fourth-order valence-electron chi connectivity index (χ4n) is 2.27. The molecular weight excluding hydrogens is 268 g/mol. The maximum absolute atomic E-state index is 8.98. The van der Waals surface area contributed by atoms with Crippen LogP contribution in [-0.2, 0) is 6.54 Å². The van der Waals surface area contributed by atoms with Crippen LogP contribution >= 0.6 is 11.8 Å². The summed E-state index contributed by atoms with van der Waals surface area (Å²) in [6, 6.07) is 7.71. The van der Waals surface area contributed by atoms with Gasteiger partial charge in [-0.05, 0) is 37.3 Å². The highest BCUT2D eigenvalue weighted by molar-refractivity contribution is 8.00. The van der Waals surface area contributed by atoms with Gasteiger partial charge >= 0.3 is 0 Å². The third kappa shape index (κ3) is 4.16. The van der Waals surface area contributed by atoms with Gasteiger partial charge in [0.2, 0.25) is 0 Å². The second-order valence-electron chi connectivity index (χ2n) is 4.84. The highest BCUT2D eigenvalue weighted by Gasteiger charge is 2.24. The molecule has 1 aromatic carbocycles. The molecule has 110 valence electrons. The highest BCUT2D eigenvalue weighted by atomic mass is 32.2. The Morgan fingerprint density at radius 3 is 2.55 bits per heavy atom. The zero-order chi connectivity index (χ0) is 15.0. The molecule has 0 aliphatic heterocycles. The molecule has 0 aromatic heterocycles. The topological polar surface area (TPSA) is 45.0 Å². The lowest BCUT2D eigenvalue weighted by Crippen LogP contribution is -2.36. The molecule has 0 heterocycles. The number of nitrogens with zero attached hydrogens (tertiary/aromatic N) is 1. The van der Waals surface area contributed by atoms with E-state index in [0.29, 0.717) is 10.3 Å². The first kappa shape index (κ1) is 16.9. The monoisotopic (exact) mass is 292 g/mol. The molecule has 0 aliphatic carbocycles. The van der Waals surface area contributed by atoms with Gasteiger partial charge in [-0.15, -0.1) is 0 Å². The van der Waals surface area contributed by atoms with Gasteiger partial charge in [0.1, 0.15) is 5.75 Å². The Bertz CT molecular complexity index is 456. The maximum atomic E-state index is 8.98. The number of rotatable bonds is 8. The largest absolute Gasteiger partial charge is 0.496 e. The minimum Gasteiger partial charge on any atom is -0.496 e. The van der Waals surface area contributed by atoms with Gasteiger partial charge in [0.25, 0.3) is 0 Å². The zero-order valence-electron chi connectivity index (χ0n) is 12.8. The fourth-order valence-corrected chi connectivity index (χ4v) is 3.10. The summed E-state index contributed by atoms with van der Waals surface area (Å²) in [6.07, 6.45) is 4.46. The fraction of sp³-hybridized carbons (Fsp3) is 0.562. The normalized spacial score (nSPS) is 11.2. The molecule has 0 atom stereocenters. The molecule has 1 N–H and O–H groups in total. The minimum absolute atomic E-state index is 0.292. The van der Waals surface area contributed by atoms with E-state index >= 15 is 0 Å². The van der Waals surface area contributed by atoms with Crippen molar-refractivity contribution < 1.29 is 4.74 Å². The Balaban J connectivity index is 2.72. The molecule has 1 rings (SSSR count). The van der Waals surface area contributed by atoms with Crippen molar-refractivity contribution >= 4 is 11.8 Å². The van der Waals surface area contributed by atoms with Crippen molar-refractivity contribution in [3.05, 3.63) is 29.3 Å². The first-order valence-electron chi connectivity index (χ1n) is 6.97.